The highest BCUT2D eigenvalue weighted by molar-refractivity contribution is 7.66. The summed E-state index contributed by atoms with van der Waals surface area (Å²) >= 11 is 0. The van der Waals surface area contributed by atoms with E-state index in [0.717, 1.165) is 27.6 Å². The molecule has 0 heterocycles. The predicted molar refractivity (Wildman–Crippen MR) is 118 cm³/mol. The van der Waals surface area contributed by atoms with Gasteiger partial charge in [-0.15, -0.1) is 0 Å². The Morgan fingerprint density at radius 3 is 2.10 bits per heavy atom. The van der Waals surface area contributed by atoms with Gasteiger partial charge >= 0.3 is 0 Å². The molecule has 0 aromatic heterocycles. The van der Waals surface area contributed by atoms with E-state index in [0.29, 0.717) is 11.5 Å². The van der Waals surface area contributed by atoms with Crippen molar-refractivity contribution in [1.82, 2.24) is 0 Å². The third-order valence-electron chi connectivity index (χ3n) is 5.04. The minimum absolute atomic E-state index is 0.0723. The Hall–Kier alpha value is -1.94. The van der Waals surface area contributed by atoms with Crippen molar-refractivity contribution < 1.29 is 23.7 Å². The highest BCUT2D eigenvalue weighted by atomic mass is 31.1. The van der Waals surface area contributed by atoms with Gasteiger partial charge in [0.05, 0.1) is 0 Å². The van der Waals surface area contributed by atoms with Crippen molar-refractivity contribution in [1.29, 1.82) is 0 Å². The first-order valence-corrected chi connectivity index (χ1v) is 10.6. The molecule has 5 nitrogen and oxygen atoms in total. The summed E-state index contributed by atoms with van der Waals surface area (Å²) in [6.45, 7) is 11.7. The van der Waals surface area contributed by atoms with Crippen molar-refractivity contribution in [2.45, 2.75) is 54.1 Å². The fourth-order valence-electron chi connectivity index (χ4n) is 3.06. The third kappa shape index (κ3) is 5.79. The minimum Gasteiger partial charge on any atom is -0.465 e. The molecule has 6 heteroatoms. The zero-order valence-electron chi connectivity index (χ0n) is 18.5. The van der Waals surface area contributed by atoms with E-state index in [1.807, 2.05) is 32.9 Å². The van der Waals surface area contributed by atoms with Crippen molar-refractivity contribution in [2.75, 3.05) is 14.2 Å². The van der Waals surface area contributed by atoms with Gasteiger partial charge in [-0.1, -0.05) is 6.07 Å². The highest BCUT2D eigenvalue weighted by Gasteiger charge is 2.19. The van der Waals surface area contributed by atoms with Crippen LogP contribution in [0, 0.1) is 27.7 Å². The number of ether oxygens (including phenoxy) is 4. The molecule has 0 saturated heterocycles. The molecular formula is C23H31O5P. The van der Waals surface area contributed by atoms with Crippen LogP contribution in [-0.4, -0.2) is 32.3 Å². The number of hydrogen-bond acceptors (Lipinski definition) is 5. The molecule has 0 saturated carbocycles. The van der Waals surface area contributed by atoms with Crippen LogP contribution >= 0.6 is 8.58 Å². The first-order chi connectivity index (χ1) is 13.7. The maximum Gasteiger partial charge on any atom is 0.196 e. The highest BCUT2D eigenvalue weighted by Crippen LogP contribution is 2.32. The lowest BCUT2D eigenvalue weighted by Crippen LogP contribution is -2.19. The van der Waals surface area contributed by atoms with E-state index in [4.69, 9.17) is 18.9 Å². The maximum atomic E-state index is 13.2. The van der Waals surface area contributed by atoms with Crippen molar-refractivity contribution in [3.8, 4) is 11.5 Å². The second kappa shape index (κ2) is 10.2. The van der Waals surface area contributed by atoms with Gasteiger partial charge in [0.2, 0.25) is 0 Å². The van der Waals surface area contributed by atoms with Crippen LogP contribution in [-0.2, 0) is 9.47 Å². The van der Waals surface area contributed by atoms with E-state index in [-0.39, 0.29) is 14.1 Å². The van der Waals surface area contributed by atoms with E-state index in [9.17, 15) is 4.79 Å². The van der Waals surface area contributed by atoms with Gasteiger partial charge in [-0.2, -0.15) is 0 Å². The Morgan fingerprint density at radius 2 is 1.48 bits per heavy atom. The Bertz CT molecular complexity index is 878. The zero-order valence-corrected chi connectivity index (χ0v) is 19.5. The first kappa shape index (κ1) is 23.3. The largest absolute Gasteiger partial charge is 0.465 e. The van der Waals surface area contributed by atoms with Crippen molar-refractivity contribution >= 4 is 19.4 Å². The molecule has 29 heavy (non-hydrogen) atoms. The quantitative estimate of drug-likeness (QED) is 0.432. The predicted octanol–water partition coefficient (Wildman–Crippen LogP) is 4.81. The van der Waals surface area contributed by atoms with Gasteiger partial charge in [0.25, 0.3) is 0 Å². The first-order valence-electron chi connectivity index (χ1n) is 9.59. The van der Waals surface area contributed by atoms with Crippen LogP contribution in [0.1, 0.15) is 46.5 Å². The zero-order chi connectivity index (χ0) is 21.7. The Morgan fingerprint density at radius 1 is 0.862 bits per heavy atom. The summed E-state index contributed by atoms with van der Waals surface area (Å²) in [5.74, 6) is 1.18. The third-order valence-corrected chi connectivity index (χ3v) is 6.20. The van der Waals surface area contributed by atoms with Crippen LogP contribution in [0.4, 0.5) is 0 Å². The molecule has 3 atom stereocenters. The van der Waals surface area contributed by atoms with Crippen molar-refractivity contribution in [3.05, 3.63) is 52.1 Å². The summed E-state index contributed by atoms with van der Waals surface area (Å²) in [7, 11) is 3.09. The number of carbonyl (C=O) groups excluding carboxylic acids is 1. The van der Waals surface area contributed by atoms with Gasteiger partial charge in [-0.3, -0.25) is 4.79 Å². The molecule has 0 fully saturated rings. The van der Waals surface area contributed by atoms with Crippen LogP contribution in [0.2, 0.25) is 0 Å². The number of aryl methyl sites for hydroxylation is 2. The summed E-state index contributed by atoms with van der Waals surface area (Å²) in [5.41, 5.74) is 5.30. The lowest BCUT2D eigenvalue weighted by molar-refractivity contribution is -0.0421. The molecule has 2 aromatic carbocycles. The molecule has 0 aliphatic heterocycles. The molecule has 3 unspecified atom stereocenters. The molecule has 0 radical (unpaired) electrons. The second-order valence-electron chi connectivity index (χ2n) is 7.09. The molecule has 158 valence electrons. The molecule has 0 aliphatic carbocycles. The Labute approximate surface area is 175 Å². The normalized spacial score (nSPS) is 13.5. The van der Waals surface area contributed by atoms with E-state index in [2.05, 4.69) is 19.9 Å². The fraction of sp³-hybridized carbons (Fsp3) is 0.435. The van der Waals surface area contributed by atoms with Crippen LogP contribution in [0.15, 0.2) is 24.3 Å². The van der Waals surface area contributed by atoms with Crippen molar-refractivity contribution in [2.24, 2.45) is 0 Å². The average molecular weight is 418 g/mol. The van der Waals surface area contributed by atoms with Gasteiger partial charge in [-0.25, -0.2) is 0 Å². The van der Waals surface area contributed by atoms with E-state index < -0.39 is 12.6 Å². The SMILES string of the molecule is COC(C)Oc1ccc(PC(=O)c2c(C)cc(C)c(C)c2C)c(OC(C)OC)c1. The molecule has 0 spiro atoms. The maximum absolute atomic E-state index is 13.2. The molecule has 0 bridgehead atoms. The topological polar surface area (TPSA) is 54.0 Å². The molecule has 0 amide bonds. The standard InChI is InChI=1S/C23H31O5P/c1-13-11-14(2)22(16(4)15(13)3)23(24)29-21-10-9-19(27-17(5)25-7)12-20(21)28-18(6)26-8/h9-12,17-18,29H,1-8H3. The van der Waals surface area contributed by atoms with Gasteiger partial charge in [0.1, 0.15) is 11.5 Å². The second-order valence-corrected chi connectivity index (χ2v) is 8.33. The van der Waals surface area contributed by atoms with Gasteiger partial charge in [0, 0.05) is 31.2 Å². The lowest BCUT2D eigenvalue weighted by atomic mass is 9.95. The summed E-state index contributed by atoms with van der Waals surface area (Å²) in [4.78, 5) is 13.2. The Kier molecular flexibility index (Phi) is 8.21. The smallest absolute Gasteiger partial charge is 0.196 e. The van der Waals surface area contributed by atoms with Gasteiger partial charge in [0.15, 0.2) is 18.1 Å². The Balaban J connectivity index is 2.38. The number of benzene rings is 2. The summed E-state index contributed by atoms with van der Waals surface area (Å²) in [6.07, 6.45) is -0.840. The molecular weight excluding hydrogens is 387 g/mol. The fourth-order valence-corrected chi connectivity index (χ4v) is 4.24. The number of hydrogen-bond donors (Lipinski definition) is 0. The molecule has 0 N–H and O–H groups in total. The number of carbonyl (C=O) groups is 1. The van der Waals surface area contributed by atoms with Crippen LogP contribution in [0.5, 0.6) is 11.5 Å². The van der Waals surface area contributed by atoms with Crippen molar-refractivity contribution in [3.63, 3.8) is 0 Å². The monoisotopic (exact) mass is 418 g/mol. The van der Waals surface area contributed by atoms with E-state index in [1.165, 1.54) is 5.56 Å². The number of methoxy groups -OCH3 is 2. The van der Waals surface area contributed by atoms with E-state index >= 15 is 0 Å². The van der Waals surface area contributed by atoms with Gasteiger partial charge in [-0.05, 0) is 84.5 Å². The molecule has 2 rings (SSSR count). The van der Waals surface area contributed by atoms with Crippen LogP contribution < -0.4 is 14.8 Å². The minimum atomic E-state index is -0.450. The summed E-state index contributed by atoms with van der Waals surface area (Å²) < 4.78 is 22.0. The van der Waals surface area contributed by atoms with Crippen LogP contribution in [0.3, 0.4) is 0 Å². The van der Waals surface area contributed by atoms with E-state index in [1.54, 1.807) is 27.2 Å². The summed E-state index contributed by atoms with van der Waals surface area (Å²) in [6, 6.07) is 7.56. The summed E-state index contributed by atoms with van der Waals surface area (Å²) in [5, 5.41) is 0.813. The average Bonchev–Trinajstić information content (AvgIpc) is 2.67. The number of rotatable bonds is 9. The lowest BCUT2D eigenvalue weighted by Gasteiger charge is -2.19. The molecule has 0 aliphatic rings. The molecule has 2 aromatic rings. The van der Waals surface area contributed by atoms with Crippen LogP contribution in [0.25, 0.3) is 0 Å². The van der Waals surface area contributed by atoms with Gasteiger partial charge < -0.3 is 18.9 Å².